The molecule has 232 valence electrons. The van der Waals surface area contributed by atoms with Gasteiger partial charge in [-0.3, -0.25) is 13.9 Å². The number of thioether (sulfide) groups is 1. The lowest BCUT2D eigenvalue weighted by Gasteiger charge is -2.19. The summed E-state index contributed by atoms with van der Waals surface area (Å²) < 4.78 is 14.4. The third kappa shape index (κ3) is 5.18. The minimum absolute atomic E-state index is 0.0408. The summed E-state index contributed by atoms with van der Waals surface area (Å²) in [5, 5.41) is 48.7. The van der Waals surface area contributed by atoms with Crippen molar-refractivity contribution < 1.29 is 34.7 Å². The van der Waals surface area contributed by atoms with E-state index in [0.717, 1.165) is 11.8 Å². The molecule has 0 spiro atoms. The fourth-order valence-corrected chi connectivity index (χ4v) is 5.87. The molecule has 2 fully saturated rings. The monoisotopic (exact) mass is 630 g/mol. The molecule has 0 aromatic carbocycles. The number of nitrogens with two attached hydrogens (primary N) is 2. The van der Waals surface area contributed by atoms with Crippen molar-refractivity contribution >= 4 is 51.6 Å². The number of hydrogen-bond acceptors (Lipinski definition) is 17. The number of imidazole rings is 2. The van der Waals surface area contributed by atoms with Crippen LogP contribution in [0, 0.1) is 0 Å². The molecule has 8 atom stereocenters. The number of aliphatic hydroxyl groups is 4. The Morgan fingerprint density at radius 1 is 0.955 bits per heavy atom. The number of carbonyl (C=O) groups is 1. The first-order valence-corrected chi connectivity index (χ1v) is 14.0. The second-order valence-electron chi connectivity index (χ2n) is 9.88. The zero-order chi connectivity index (χ0) is 31.1. The van der Waals surface area contributed by atoms with E-state index in [1.165, 1.54) is 28.1 Å². The Bertz CT molecular complexity index is 1750. The van der Waals surface area contributed by atoms with Gasteiger partial charge in [0.1, 0.15) is 48.7 Å². The van der Waals surface area contributed by atoms with Crippen molar-refractivity contribution in [3.05, 3.63) is 29.4 Å². The summed E-state index contributed by atoms with van der Waals surface area (Å²) in [6.45, 7) is -0.381. The molecule has 4 aromatic rings. The van der Waals surface area contributed by atoms with E-state index >= 15 is 0 Å². The number of rotatable bonds is 9. The van der Waals surface area contributed by atoms with Crippen LogP contribution >= 0.6 is 11.8 Å². The van der Waals surface area contributed by atoms with Crippen LogP contribution in [0.1, 0.15) is 12.5 Å². The Morgan fingerprint density at radius 2 is 1.61 bits per heavy atom. The summed E-state index contributed by atoms with van der Waals surface area (Å²) in [5.74, 6) is -0.492. The van der Waals surface area contributed by atoms with Gasteiger partial charge in [0.25, 0.3) is 0 Å². The number of nitrogens with zero attached hydrogens (tertiary/aromatic N) is 11. The molecule has 0 unspecified atom stereocenters. The molecule has 2 saturated heterocycles. The van der Waals surface area contributed by atoms with E-state index in [0.29, 0.717) is 11.2 Å². The predicted octanol–water partition coefficient (Wildman–Crippen LogP) is -2.41. The van der Waals surface area contributed by atoms with Gasteiger partial charge < -0.3 is 46.7 Å². The minimum Gasteiger partial charge on any atom is -0.388 e. The van der Waals surface area contributed by atoms with E-state index in [4.69, 9.17) is 26.5 Å². The molecular weight excluding hydrogens is 604 g/mol. The van der Waals surface area contributed by atoms with Crippen molar-refractivity contribution in [2.24, 2.45) is 5.11 Å². The maximum atomic E-state index is 12.9. The molecule has 0 bridgehead atoms. The summed E-state index contributed by atoms with van der Waals surface area (Å²) in [6.07, 6.45) is -5.99. The van der Waals surface area contributed by atoms with Gasteiger partial charge in [-0.25, -0.2) is 29.9 Å². The van der Waals surface area contributed by atoms with Crippen molar-refractivity contribution in [1.29, 1.82) is 0 Å². The van der Waals surface area contributed by atoms with Gasteiger partial charge in [-0.15, -0.1) is 0 Å². The number of aliphatic hydroxyl groups excluding tert-OH is 4. The Hall–Kier alpha value is -4.41. The van der Waals surface area contributed by atoms with E-state index in [1.807, 2.05) is 0 Å². The van der Waals surface area contributed by atoms with E-state index in [1.54, 1.807) is 0 Å². The summed E-state index contributed by atoms with van der Waals surface area (Å²) in [6, 6.07) is 0. The van der Waals surface area contributed by atoms with Crippen molar-refractivity contribution in [3.8, 4) is 0 Å². The van der Waals surface area contributed by atoms with Crippen LogP contribution in [-0.4, -0.2) is 121 Å². The van der Waals surface area contributed by atoms with E-state index in [-0.39, 0.29) is 46.8 Å². The number of nitrogens with one attached hydrogen (secondary N) is 1. The van der Waals surface area contributed by atoms with Gasteiger partial charge in [0, 0.05) is 11.5 Å². The molecule has 0 aliphatic carbocycles. The molecule has 2 aliphatic rings. The zero-order valence-electron chi connectivity index (χ0n) is 22.5. The summed E-state index contributed by atoms with van der Waals surface area (Å²) >= 11 is 0.955. The molecule has 0 saturated carbocycles. The Morgan fingerprint density at radius 3 is 2.36 bits per heavy atom. The van der Waals surface area contributed by atoms with Crippen molar-refractivity contribution in [3.63, 3.8) is 0 Å². The number of aromatic nitrogens is 8. The Labute approximate surface area is 249 Å². The van der Waals surface area contributed by atoms with Crippen LogP contribution in [0.4, 0.5) is 11.6 Å². The molecule has 4 aromatic heterocycles. The van der Waals surface area contributed by atoms with Crippen LogP contribution in [-0.2, 0) is 14.3 Å². The average molecular weight is 631 g/mol. The smallest absolute Gasteiger partial charge is 0.230 e. The lowest BCUT2D eigenvalue weighted by molar-refractivity contribution is -0.119. The van der Waals surface area contributed by atoms with Gasteiger partial charge in [0.15, 0.2) is 46.1 Å². The lowest BCUT2D eigenvalue weighted by Crippen LogP contribution is -2.40. The normalized spacial score (nSPS) is 28.5. The van der Waals surface area contributed by atoms with E-state index < -0.39 is 55.0 Å². The highest BCUT2D eigenvalue weighted by Crippen LogP contribution is 2.37. The maximum Gasteiger partial charge on any atom is 0.230 e. The molecule has 6 rings (SSSR count). The molecule has 0 radical (unpaired) electrons. The average Bonchev–Trinajstić information content (AvgIpc) is 3.75. The number of anilines is 2. The molecule has 6 heterocycles. The topological polar surface area (TPSA) is 316 Å². The molecule has 21 nitrogen and oxygen atoms in total. The fourth-order valence-electron chi connectivity index (χ4n) is 5.03. The van der Waals surface area contributed by atoms with Crippen LogP contribution in [0.2, 0.25) is 0 Å². The van der Waals surface area contributed by atoms with Crippen molar-refractivity contribution in [2.75, 3.05) is 30.3 Å². The quantitative estimate of drug-likeness (QED) is 0.0438. The number of fused-ring (bicyclic) bond motifs is 2. The minimum atomic E-state index is -1.45. The third-order valence-corrected chi connectivity index (χ3v) is 8.17. The van der Waals surface area contributed by atoms with Gasteiger partial charge >= 0.3 is 0 Å². The Balaban J connectivity index is 1.14. The lowest BCUT2D eigenvalue weighted by atomic mass is 10.1. The van der Waals surface area contributed by atoms with Crippen molar-refractivity contribution in [2.45, 2.75) is 54.2 Å². The fraction of sp³-hybridized carbons (Fsp3) is 0.500. The van der Waals surface area contributed by atoms with Crippen LogP contribution < -0.4 is 16.8 Å². The number of nitrogen functional groups attached to an aromatic ring is 2. The van der Waals surface area contributed by atoms with Crippen LogP contribution in [0.3, 0.4) is 0 Å². The van der Waals surface area contributed by atoms with Crippen LogP contribution in [0.5, 0.6) is 0 Å². The number of azide groups is 1. The standard InChI is InChI=1S/C22H26N14O7S/c23-16-10-18(29-4-27-16)35(6-31-10)20-14(40)12(38)7(42-20)1-26-9(37)3-44-22-33-11-17(24)28-5-30-19(11)36(22)21-15(41)13(39)8(43-21)2-32-34-25/h4-8,12-15,20-21,38-41H,1-3H2,(H,26,37)(H2,23,27,29)(H2,24,28,30)/t7-,8-,12-,13-,14-,15-,20-,21-/m1/s1. The third-order valence-electron chi connectivity index (χ3n) is 7.22. The number of carbonyl (C=O) groups excluding carboxylic acids is 1. The van der Waals surface area contributed by atoms with Crippen LogP contribution in [0.25, 0.3) is 32.8 Å². The van der Waals surface area contributed by atoms with E-state index in [9.17, 15) is 25.2 Å². The summed E-state index contributed by atoms with van der Waals surface area (Å²) in [7, 11) is 0. The zero-order valence-corrected chi connectivity index (χ0v) is 23.3. The van der Waals surface area contributed by atoms with Gasteiger partial charge in [-0.2, -0.15) is 0 Å². The highest BCUT2D eigenvalue weighted by atomic mass is 32.2. The summed E-state index contributed by atoms with van der Waals surface area (Å²) in [4.78, 5) is 40.2. The maximum absolute atomic E-state index is 12.9. The predicted molar refractivity (Wildman–Crippen MR) is 149 cm³/mol. The molecule has 22 heteroatoms. The number of amides is 1. The Kier molecular flexibility index (Phi) is 8.04. The molecule has 2 aliphatic heterocycles. The number of ether oxygens (including phenoxy) is 2. The van der Waals surface area contributed by atoms with Gasteiger partial charge in [-0.1, -0.05) is 16.9 Å². The molecular formula is C22H26N14O7S. The van der Waals surface area contributed by atoms with Gasteiger partial charge in [0.05, 0.1) is 24.7 Å². The highest BCUT2D eigenvalue weighted by Gasteiger charge is 2.46. The first-order chi connectivity index (χ1) is 21.2. The molecule has 1 amide bonds. The SMILES string of the molecule is [N-]=[N+]=NC[C@H]1O[C@@H](n2c(SCC(=O)NC[C@H]3O[C@@H](n4cnc5c(N)ncnc54)[C@H](O)[C@@H]3O)nc3c(N)ncnc32)[C@H](O)[C@@H]1O. The van der Waals surface area contributed by atoms with Crippen molar-refractivity contribution in [1.82, 2.24) is 44.4 Å². The number of hydrogen-bond donors (Lipinski definition) is 7. The molecule has 9 N–H and O–H groups in total. The highest BCUT2D eigenvalue weighted by molar-refractivity contribution is 7.99. The van der Waals surface area contributed by atoms with E-state index in [2.05, 4.69) is 45.2 Å². The second kappa shape index (κ2) is 11.9. The first kappa shape index (κ1) is 29.7. The first-order valence-electron chi connectivity index (χ1n) is 13.0. The summed E-state index contributed by atoms with van der Waals surface area (Å²) in [5.41, 5.74) is 21.4. The second-order valence-corrected chi connectivity index (χ2v) is 10.8. The van der Waals surface area contributed by atoms with Gasteiger partial charge in [-0.05, 0) is 5.53 Å². The van der Waals surface area contributed by atoms with Gasteiger partial charge in [0.2, 0.25) is 5.91 Å². The van der Waals surface area contributed by atoms with Crippen LogP contribution in [0.15, 0.2) is 29.3 Å². The largest absolute Gasteiger partial charge is 0.388 e. The molecule has 44 heavy (non-hydrogen) atoms.